The molecule has 0 aromatic carbocycles. The lowest BCUT2D eigenvalue weighted by molar-refractivity contribution is -0.909. The van der Waals surface area contributed by atoms with Crippen LogP contribution in [0.3, 0.4) is 0 Å². The van der Waals surface area contributed by atoms with Crippen LogP contribution in [-0.4, -0.2) is 29.2 Å². The number of thioether (sulfide) groups is 1. The van der Waals surface area contributed by atoms with E-state index in [-0.39, 0.29) is 24.0 Å². The zero-order valence-electron chi connectivity index (χ0n) is 8.97. The first kappa shape index (κ1) is 13.6. The number of halogens is 1. The van der Waals surface area contributed by atoms with E-state index < -0.39 is 0 Å². The Morgan fingerprint density at radius 1 is 1.38 bits per heavy atom. The normalized spacial score (nSPS) is 27.6. The van der Waals surface area contributed by atoms with Gasteiger partial charge in [-0.25, -0.2) is 0 Å². The fraction of sp³-hybridized carbons (Fsp3) is 0.778. The summed E-state index contributed by atoms with van der Waals surface area (Å²) < 4.78 is 0. The van der Waals surface area contributed by atoms with Gasteiger partial charge in [0, 0.05) is 7.05 Å². The molecule has 78 valence electrons. The van der Waals surface area contributed by atoms with Gasteiger partial charge in [-0.05, 0) is 27.0 Å². The molecular formula is C9H19IN2S. The van der Waals surface area contributed by atoms with Crippen molar-refractivity contribution >= 4 is 11.8 Å². The maximum atomic E-state index is 2.27. The molecule has 0 fully saturated rings. The summed E-state index contributed by atoms with van der Waals surface area (Å²) in [5.41, 5.74) is 0.847. The summed E-state index contributed by atoms with van der Waals surface area (Å²) in [5.74, 6) is 0. The van der Waals surface area contributed by atoms with Gasteiger partial charge < -0.3 is 28.9 Å². The number of nitrogens with zero attached hydrogens (tertiary/aromatic N) is 1. The van der Waals surface area contributed by atoms with Crippen LogP contribution in [0.2, 0.25) is 0 Å². The fourth-order valence-corrected chi connectivity index (χ4v) is 2.58. The molecule has 2 atom stereocenters. The standard InChI is InChI=1S/C9H18N2S.HI/c1-9(2,3)11-7-6-10(4)8(11)12-5;/h6-8H,1-5H3;1H. The highest BCUT2D eigenvalue weighted by Gasteiger charge is 2.36. The molecular weight excluding hydrogens is 295 g/mol. The molecule has 0 bridgehead atoms. The quantitative estimate of drug-likeness (QED) is 0.547. The number of hydrogen-bond donors (Lipinski definition) is 1. The number of quaternary nitrogens is 1. The van der Waals surface area contributed by atoms with Crippen LogP contribution in [0.1, 0.15) is 20.8 Å². The molecule has 0 saturated carbocycles. The van der Waals surface area contributed by atoms with E-state index in [1.165, 1.54) is 4.90 Å². The first-order valence-corrected chi connectivity index (χ1v) is 5.56. The van der Waals surface area contributed by atoms with E-state index in [1.54, 1.807) is 0 Å². The van der Waals surface area contributed by atoms with Gasteiger partial charge in [-0.2, -0.15) is 0 Å². The van der Waals surface area contributed by atoms with Crippen LogP contribution < -0.4 is 28.9 Å². The minimum atomic E-state index is 0. The molecule has 13 heavy (non-hydrogen) atoms. The summed E-state index contributed by atoms with van der Waals surface area (Å²) in [6.07, 6.45) is 6.59. The number of rotatable bonds is 1. The van der Waals surface area contributed by atoms with Gasteiger partial charge in [-0.15, -0.1) is 0 Å². The van der Waals surface area contributed by atoms with E-state index in [4.69, 9.17) is 0 Å². The van der Waals surface area contributed by atoms with Crippen LogP contribution in [0, 0.1) is 0 Å². The maximum absolute atomic E-state index is 2.27. The van der Waals surface area contributed by atoms with Crippen molar-refractivity contribution in [2.75, 3.05) is 13.3 Å². The van der Waals surface area contributed by atoms with Crippen molar-refractivity contribution in [2.24, 2.45) is 0 Å². The summed E-state index contributed by atoms with van der Waals surface area (Å²) in [7, 11) is 2.14. The largest absolute Gasteiger partial charge is 1.00 e. The third-order valence-corrected chi connectivity index (χ3v) is 3.25. The first-order valence-electron chi connectivity index (χ1n) is 4.27. The average Bonchev–Trinajstić information content (AvgIpc) is 2.29. The fourth-order valence-electron chi connectivity index (χ4n) is 1.49. The highest BCUT2D eigenvalue weighted by molar-refractivity contribution is 7.98. The van der Waals surface area contributed by atoms with Crippen molar-refractivity contribution in [3.05, 3.63) is 12.4 Å². The Morgan fingerprint density at radius 3 is 2.23 bits per heavy atom. The molecule has 0 aromatic heterocycles. The Bertz CT molecular complexity index is 189. The van der Waals surface area contributed by atoms with Crippen molar-refractivity contribution in [2.45, 2.75) is 31.8 Å². The number of nitrogens with one attached hydrogen (secondary N) is 1. The van der Waals surface area contributed by atoms with Gasteiger partial charge in [0.1, 0.15) is 6.20 Å². The van der Waals surface area contributed by atoms with Crippen LogP contribution in [0.25, 0.3) is 0 Å². The average molecular weight is 314 g/mol. The van der Waals surface area contributed by atoms with Crippen LogP contribution in [0.5, 0.6) is 0 Å². The smallest absolute Gasteiger partial charge is 0.215 e. The van der Waals surface area contributed by atoms with E-state index in [1.807, 2.05) is 11.8 Å². The van der Waals surface area contributed by atoms with Gasteiger partial charge in [0.25, 0.3) is 0 Å². The molecule has 4 heteroatoms. The molecule has 1 aliphatic heterocycles. The second-order valence-corrected chi connectivity index (χ2v) is 5.19. The Morgan fingerprint density at radius 2 is 1.92 bits per heavy atom. The molecule has 0 saturated heterocycles. The lowest BCUT2D eigenvalue weighted by Crippen LogP contribution is -3.17. The van der Waals surface area contributed by atoms with E-state index in [9.17, 15) is 0 Å². The van der Waals surface area contributed by atoms with E-state index >= 15 is 0 Å². The first-order chi connectivity index (χ1) is 5.46. The second-order valence-electron chi connectivity index (χ2n) is 4.27. The highest BCUT2D eigenvalue weighted by atomic mass is 127. The van der Waals surface area contributed by atoms with Crippen LogP contribution in [-0.2, 0) is 0 Å². The van der Waals surface area contributed by atoms with Gasteiger partial charge in [0.15, 0.2) is 0 Å². The monoisotopic (exact) mass is 314 g/mol. The van der Waals surface area contributed by atoms with Gasteiger partial charge in [0.2, 0.25) is 5.50 Å². The maximum Gasteiger partial charge on any atom is 0.215 e. The van der Waals surface area contributed by atoms with Crippen molar-refractivity contribution in [1.82, 2.24) is 4.90 Å². The highest BCUT2D eigenvalue weighted by Crippen LogP contribution is 2.11. The van der Waals surface area contributed by atoms with Gasteiger partial charge in [0.05, 0.1) is 11.7 Å². The zero-order valence-corrected chi connectivity index (χ0v) is 11.9. The topological polar surface area (TPSA) is 7.68 Å². The van der Waals surface area contributed by atoms with E-state index in [2.05, 4.69) is 51.4 Å². The molecule has 2 nitrogen and oxygen atoms in total. The van der Waals surface area contributed by atoms with E-state index in [0.29, 0.717) is 11.0 Å². The van der Waals surface area contributed by atoms with Gasteiger partial charge in [-0.1, -0.05) is 11.8 Å². The summed E-state index contributed by atoms with van der Waals surface area (Å²) in [6.45, 7) is 6.82. The summed E-state index contributed by atoms with van der Waals surface area (Å²) in [5, 5.41) is 0. The van der Waals surface area contributed by atoms with Crippen molar-refractivity contribution in [1.29, 1.82) is 0 Å². The molecule has 1 N–H and O–H groups in total. The molecule has 0 amide bonds. The van der Waals surface area contributed by atoms with Crippen molar-refractivity contribution < 1.29 is 28.9 Å². The Balaban J connectivity index is 0.00000144. The summed E-state index contributed by atoms with van der Waals surface area (Å²) >= 11 is 1.90. The third kappa shape index (κ3) is 3.02. The Labute approximate surface area is 103 Å². The van der Waals surface area contributed by atoms with Gasteiger partial charge in [-0.3, -0.25) is 4.90 Å². The molecule has 2 unspecified atom stereocenters. The molecule has 0 aliphatic carbocycles. The molecule has 0 aromatic rings. The van der Waals surface area contributed by atoms with Crippen LogP contribution >= 0.6 is 11.8 Å². The predicted octanol–water partition coefficient (Wildman–Crippen LogP) is -2.26. The third-order valence-electron chi connectivity index (χ3n) is 2.21. The minimum Gasteiger partial charge on any atom is -1.00 e. The lowest BCUT2D eigenvalue weighted by atomic mass is 10.1. The Kier molecular flexibility index (Phi) is 5.10. The molecule has 1 aliphatic rings. The van der Waals surface area contributed by atoms with Crippen LogP contribution in [0.4, 0.5) is 0 Å². The van der Waals surface area contributed by atoms with Gasteiger partial charge >= 0.3 is 0 Å². The summed E-state index contributed by atoms with van der Waals surface area (Å²) in [6, 6.07) is 0. The van der Waals surface area contributed by atoms with Crippen LogP contribution in [0.15, 0.2) is 12.4 Å². The molecule has 1 rings (SSSR count). The zero-order chi connectivity index (χ0) is 9.35. The van der Waals surface area contributed by atoms with Crippen molar-refractivity contribution in [3.8, 4) is 0 Å². The molecule has 0 radical (unpaired) electrons. The SMILES string of the molecule is CSC1N(C)C=C[NH+]1C(C)(C)C.[I-]. The lowest BCUT2D eigenvalue weighted by Gasteiger charge is -2.33. The second kappa shape index (κ2) is 4.89. The van der Waals surface area contributed by atoms with E-state index in [0.717, 1.165) is 0 Å². The minimum absolute atomic E-state index is 0. The molecule has 1 heterocycles. The summed E-state index contributed by atoms with van der Waals surface area (Å²) in [4.78, 5) is 3.79. The Hall–Kier alpha value is 0.580. The molecule has 0 spiro atoms. The van der Waals surface area contributed by atoms with Crippen molar-refractivity contribution in [3.63, 3.8) is 0 Å². The predicted molar refractivity (Wildman–Crippen MR) is 54.9 cm³/mol. The number of hydrogen-bond acceptors (Lipinski definition) is 2.